The maximum absolute atomic E-state index is 13.7. The van der Waals surface area contributed by atoms with Gasteiger partial charge < -0.3 is 14.8 Å². The number of hydrogen-bond donors (Lipinski definition) is 1. The summed E-state index contributed by atoms with van der Waals surface area (Å²) in [6.45, 7) is 0. The quantitative estimate of drug-likeness (QED) is 0.825. The summed E-state index contributed by atoms with van der Waals surface area (Å²) in [5.74, 6) is -1.30. The van der Waals surface area contributed by atoms with Crippen LogP contribution >= 0.6 is 0 Å². The largest absolute Gasteiger partial charge is 0.497 e. The van der Waals surface area contributed by atoms with E-state index < -0.39 is 23.7 Å². The van der Waals surface area contributed by atoms with E-state index in [9.17, 15) is 14.0 Å². The Morgan fingerprint density at radius 2 is 1.88 bits per heavy atom. The molecule has 2 aromatic rings. The second-order valence-corrected chi connectivity index (χ2v) is 5.08. The predicted molar refractivity (Wildman–Crippen MR) is 86.4 cm³/mol. The van der Waals surface area contributed by atoms with Gasteiger partial charge in [0.2, 0.25) is 0 Å². The molecule has 0 radical (unpaired) electrons. The molecule has 0 unspecified atom stereocenters. The fourth-order valence-corrected chi connectivity index (χ4v) is 2.25. The lowest BCUT2D eigenvalue weighted by Crippen LogP contribution is -2.43. The first kappa shape index (κ1) is 17.5. The normalized spacial score (nSPS) is 11.5. The van der Waals surface area contributed by atoms with Gasteiger partial charge in [-0.05, 0) is 29.8 Å². The first-order chi connectivity index (χ1) is 11.5. The molecule has 6 heteroatoms. The minimum Gasteiger partial charge on any atom is -0.497 e. The Hall–Kier alpha value is -2.89. The Kier molecular flexibility index (Phi) is 5.89. The van der Waals surface area contributed by atoms with Crippen molar-refractivity contribution in [2.24, 2.45) is 0 Å². The third-order valence-electron chi connectivity index (χ3n) is 3.48. The summed E-state index contributed by atoms with van der Waals surface area (Å²) >= 11 is 0. The van der Waals surface area contributed by atoms with Crippen molar-refractivity contribution in [1.29, 1.82) is 0 Å². The van der Waals surface area contributed by atoms with Crippen molar-refractivity contribution in [3.8, 4) is 5.75 Å². The first-order valence-corrected chi connectivity index (χ1v) is 7.31. The van der Waals surface area contributed by atoms with Crippen LogP contribution in [0.1, 0.15) is 15.9 Å². The molecule has 24 heavy (non-hydrogen) atoms. The van der Waals surface area contributed by atoms with Gasteiger partial charge in [-0.1, -0.05) is 24.3 Å². The molecule has 0 aliphatic rings. The van der Waals surface area contributed by atoms with Gasteiger partial charge in [-0.2, -0.15) is 0 Å². The number of benzene rings is 2. The number of halogens is 1. The lowest BCUT2D eigenvalue weighted by molar-refractivity contribution is -0.142. The van der Waals surface area contributed by atoms with E-state index in [2.05, 4.69) is 5.32 Å². The highest BCUT2D eigenvalue weighted by molar-refractivity contribution is 5.97. The highest BCUT2D eigenvalue weighted by Crippen LogP contribution is 2.15. The Bertz CT molecular complexity index is 732. The van der Waals surface area contributed by atoms with Gasteiger partial charge in [0.05, 0.1) is 19.8 Å². The average molecular weight is 331 g/mol. The Morgan fingerprint density at radius 1 is 1.12 bits per heavy atom. The van der Waals surface area contributed by atoms with Gasteiger partial charge in [0.25, 0.3) is 5.91 Å². The van der Waals surface area contributed by atoms with Crippen molar-refractivity contribution < 1.29 is 23.5 Å². The molecular formula is C18H18FNO4. The zero-order valence-corrected chi connectivity index (χ0v) is 13.4. The van der Waals surface area contributed by atoms with Crippen molar-refractivity contribution >= 4 is 11.9 Å². The van der Waals surface area contributed by atoms with E-state index in [1.54, 1.807) is 30.3 Å². The summed E-state index contributed by atoms with van der Waals surface area (Å²) in [5.41, 5.74) is 0.649. The highest BCUT2D eigenvalue weighted by Gasteiger charge is 2.24. The second-order valence-electron chi connectivity index (χ2n) is 5.08. The molecule has 1 N–H and O–H groups in total. The monoisotopic (exact) mass is 331 g/mol. The van der Waals surface area contributed by atoms with Crippen LogP contribution in [0.3, 0.4) is 0 Å². The van der Waals surface area contributed by atoms with Gasteiger partial charge in [-0.3, -0.25) is 4.79 Å². The molecular weight excluding hydrogens is 313 g/mol. The van der Waals surface area contributed by atoms with E-state index in [0.717, 1.165) is 5.56 Å². The predicted octanol–water partition coefficient (Wildman–Crippen LogP) is 2.35. The van der Waals surface area contributed by atoms with Crippen molar-refractivity contribution in [3.05, 3.63) is 65.5 Å². The lowest BCUT2D eigenvalue weighted by atomic mass is 10.0. The molecule has 0 aliphatic carbocycles. The minimum absolute atomic E-state index is 0.128. The molecule has 126 valence electrons. The third-order valence-corrected chi connectivity index (χ3v) is 3.48. The molecule has 0 fully saturated rings. The van der Waals surface area contributed by atoms with Crippen LogP contribution in [0.4, 0.5) is 4.39 Å². The van der Waals surface area contributed by atoms with Gasteiger partial charge >= 0.3 is 5.97 Å². The molecule has 0 spiro atoms. The van der Waals surface area contributed by atoms with Crippen LogP contribution in [0.15, 0.2) is 48.5 Å². The second kappa shape index (κ2) is 8.10. The average Bonchev–Trinajstić information content (AvgIpc) is 2.60. The van der Waals surface area contributed by atoms with E-state index >= 15 is 0 Å². The Balaban J connectivity index is 2.18. The van der Waals surface area contributed by atoms with Crippen molar-refractivity contribution in [2.75, 3.05) is 14.2 Å². The zero-order valence-electron chi connectivity index (χ0n) is 13.4. The summed E-state index contributed by atoms with van der Waals surface area (Å²) in [5, 5.41) is 2.52. The van der Waals surface area contributed by atoms with Crippen LogP contribution in [0.25, 0.3) is 0 Å². The summed E-state index contributed by atoms with van der Waals surface area (Å²) in [7, 11) is 2.77. The number of rotatable bonds is 6. The highest BCUT2D eigenvalue weighted by atomic mass is 19.1. The first-order valence-electron chi connectivity index (χ1n) is 7.31. The number of carbonyl (C=O) groups excluding carboxylic acids is 2. The summed E-state index contributed by atoms with van der Waals surface area (Å²) in [6.07, 6.45) is 0.198. The van der Waals surface area contributed by atoms with Crippen LogP contribution in [0.2, 0.25) is 0 Å². The van der Waals surface area contributed by atoms with Crippen LogP contribution in [0.5, 0.6) is 5.75 Å². The van der Waals surface area contributed by atoms with Gasteiger partial charge in [-0.15, -0.1) is 0 Å². The van der Waals surface area contributed by atoms with E-state index in [0.29, 0.717) is 5.75 Å². The lowest BCUT2D eigenvalue weighted by Gasteiger charge is -2.17. The van der Waals surface area contributed by atoms with Crippen molar-refractivity contribution in [1.82, 2.24) is 5.32 Å². The maximum atomic E-state index is 13.7. The third kappa shape index (κ3) is 4.32. The molecule has 1 amide bonds. The SMILES string of the molecule is COC(=O)[C@@H](Cc1cccc(OC)c1)NC(=O)c1ccccc1F. The molecule has 2 aromatic carbocycles. The van der Waals surface area contributed by atoms with E-state index in [1.807, 2.05) is 0 Å². The van der Waals surface area contributed by atoms with E-state index in [-0.39, 0.29) is 12.0 Å². The van der Waals surface area contributed by atoms with Gasteiger partial charge in [0.1, 0.15) is 17.6 Å². The van der Waals surface area contributed by atoms with Crippen LogP contribution in [-0.4, -0.2) is 32.1 Å². The molecule has 0 aliphatic heterocycles. The Morgan fingerprint density at radius 3 is 2.54 bits per heavy atom. The summed E-state index contributed by atoms with van der Waals surface area (Å²) < 4.78 is 23.6. The van der Waals surface area contributed by atoms with Gasteiger partial charge in [0.15, 0.2) is 0 Å². The zero-order chi connectivity index (χ0) is 17.5. The molecule has 0 heterocycles. The molecule has 0 saturated heterocycles. The Labute approximate surface area is 139 Å². The standard InChI is InChI=1S/C18H18FNO4/c1-23-13-7-5-6-12(10-13)11-16(18(22)24-2)20-17(21)14-8-3-4-9-15(14)19/h3-10,16H,11H2,1-2H3,(H,20,21)/t16-/m1/s1. The van der Waals surface area contributed by atoms with Gasteiger partial charge in [-0.25, -0.2) is 9.18 Å². The fraction of sp³-hybridized carbons (Fsp3) is 0.222. The smallest absolute Gasteiger partial charge is 0.328 e. The molecule has 0 aromatic heterocycles. The molecule has 1 atom stereocenters. The van der Waals surface area contributed by atoms with Crippen LogP contribution < -0.4 is 10.1 Å². The van der Waals surface area contributed by atoms with Crippen molar-refractivity contribution in [2.45, 2.75) is 12.5 Å². The molecule has 5 nitrogen and oxygen atoms in total. The minimum atomic E-state index is -0.936. The fourth-order valence-electron chi connectivity index (χ4n) is 2.25. The topological polar surface area (TPSA) is 64.6 Å². The van der Waals surface area contributed by atoms with E-state index in [1.165, 1.54) is 32.4 Å². The van der Waals surface area contributed by atoms with Gasteiger partial charge in [0, 0.05) is 6.42 Å². The van der Waals surface area contributed by atoms with Crippen molar-refractivity contribution in [3.63, 3.8) is 0 Å². The number of carbonyl (C=O) groups is 2. The summed E-state index contributed by atoms with van der Waals surface area (Å²) in [4.78, 5) is 24.2. The maximum Gasteiger partial charge on any atom is 0.328 e. The van der Waals surface area contributed by atoms with Crippen LogP contribution in [-0.2, 0) is 16.0 Å². The number of amides is 1. The molecule has 0 bridgehead atoms. The molecule has 2 rings (SSSR count). The van der Waals surface area contributed by atoms with E-state index in [4.69, 9.17) is 9.47 Å². The van der Waals surface area contributed by atoms with Crippen LogP contribution in [0, 0.1) is 5.82 Å². The number of ether oxygens (including phenoxy) is 2. The number of esters is 1. The number of hydrogen-bond acceptors (Lipinski definition) is 4. The summed E-state index contributed by atoms with van der Waals surface area (Å²) in [6, 6.07) is 11.7. The number of nitrogens with one attached hydrogen (secondary N) is 1. The molecule has 0 saturated carbocycles. The number of methoxy groups -OCH3 is 2.